The van der Waals surface area contributed by atoms with Gasteiger partial charge >= 0.3 is 0 Å². The van der Waals surface area contributed by atoms with Crippen LogP contribution in [0.3, 0.4) is 0 Å². The molecule has 0 amide bonds. The second-order valence-electron chi connectivity index (χ2n) is 4.14. The number of rotatable bonds is 2. The molecule has 1 unspecified atom stereocenters. The van der Waals surface area contributed by atoms with E-state index in [1.165, 1.54) is 0 Å². The zero-order chi connectivity index (χ0) is 12.6. The van der Waals surface area contributed by atoms with Crippen LogP contribution in [0.25, 0.3) is 5.69 Å². The lowest BCUT2D eigenvalue weighted by atomic mass is 10.2. The van der Waals surface area contributed by atoms with Crippen molar-refractivity contribution in [3.05, 3.63) is 39.6 Å². The van der Waals surface area contributed by atoms with Gasteiger partial charge < -0.3 is 5.73 Å². The third-order valence-electron chi connectivity index (χ3n) is 2.83. The van der Waals surface area contributed by atoms with Gasteiger partial charge in [0.25, 0.3) is 0 Å². The van der Waals surface area contributed by atoms with Gasteiger partial charge in [-0.3, -0.25) is 0 Å². The van der Waals surface area contributed by atoms with Gasteiger partial charge in [-0.1, -0.05) is 27.2 Å². The molecule has 0 spiro atoms. The average molecular weight is 295 g/mol. The zero-order valence-corrected chi connectivity index (χ0v) is 11.7. The first-order chi connectivity index (χ1) is 8.02. The topological polar surface area (TPSA) is 56.7 Å². The summed E-state index contributed by atoms with van der Waals surface area (Å²) < 4.78 is 2.89. The van der Waals surface area contributed by atoms with Gasteiger partial charge in [0.1, 0.15) is 5.69 Å². The maximum Gasteiger partial charge on any atom is 0.102 e. The molecule has 0 aliphatic rings. The molecule has 90 valence electrons. The summed E-state index contributed by atoms with van der Waals surface area (Å²) in [6.45, 7) is 5.94. The Morgan fingerprint density at radius 1 is 1.35 bits per heavy atom. The summed E-state index contributed by atoms with van der Waals surface area (Å²) in [5.41, 5.74) is 9.83. The first kappa shape index (κ1) is 12.3. The number of hydrogen-bond donors (Lipinski definition) is 1. The van der Waals surface area contributed by atoms with E-state index >= 15 is 0 Å². The molecule has 4 nitrogen and oxygen atoms in total. The van der Waals surface area contributed by atoms with Gasteiger partial charge in [0, 0.05) is 10.5 Å². The van der Waals surface area contributed by atoms with Gasteiger partial charge in [0.15, 0.2) is 0 Å². The summed E-state index contributed by atoms with van der Waals surface area (Å²) in [7, 11) is 0. The highest BCUT2D eigenvalue weighted by Crippen LogP contribution is 2.24. The van der Waals surface area contributed by atoms with Crippen molar-refractivity contribution >= 4 is 15.9 Å². The molecule has 0 fully saturated rings. The fraction of sp³-hybridized carbons (Fsp3) is 0.333. The van der Waals surface area contributed by atoms with E-state index in [-0.39, 0.29) is 6.04 Å². The average Bonchev–Trinajstić information content (AvgIpc) is 2.64. The second-order valence-corrected chi connectivity index (χ2v) is 5.00. The van der Waals surface area contributed by atoms with E-state index in [1.54, 1.807) is 0 Å². The van der Waals surface area contributed by atoms with Gasteiger partial charge in [-0.2, -0.15) is 0 Å². The molecule has 0 aliphatic carbocycles. The number of nitrogens with two attached hydrogens (primary N) is 1. The molecule has 0 radical (unpaired) electrons. The van der Waals surface area contributed by atoms with Crippen LogP contribution in [-0.4, -0.2) is 15.0 Å². The largest absolute Gasteiger partial charge is 0.323 e. The predicted octanol–water partition coefficient (Wildman–Crippen LogP) is 2.67. The van der Waals surface area contributed by atoms with Gasteiger partial charge in [0.05, 0.1) is 11.4 Å². The van der Waals surface area contributed by atoms with Crippen molar-refractivity contribution < 1.29 is 0 Å². The molecule has 1 aromatic heterocycles. The van der Waals surface area contributed by atoms with Crippen molar-refractivity contribution in [3.63, 3.8) is 0 Å². The van der Waals surface area contributed by atoms with E-state index in [0.29, 0.717) is 0 Å². The number of aromatic nitrogens is 3. The van der Waals surface area contributed by atoms with Crippen LogP contribution in [0.15, 0.2) is 22.7 Å². The van der Waals surface area contributed by atoms with Gasteiger partial charge in [0.2, 0.25) is 0 Å². The lowest BCUT2D eigenvalue weighted by Gasteiger charge is -2.09. The van der Waals surface area contributed by atoms with Crippen LogP contribution in [-0.2, 0) is 0 Å². The van der Waals surface area contributed by atoms with Crippen molar-refractivity contribution in [1.82, 2.24) is 15.0 Å². The van der Waals surface area contributed by atoms with Crippen LogP contribution in [0.2, 0.25) is 0 Å². The van der Waals surface area contributed by atoms with E-state index in [9.17, 15) is 0 Å². The molecule has 0 saturated carbocycles. The maximum atomic E-state index is 5.85. The highest BCUT2D eigenvalue weighted by atomic mass is 79.9. The number of halogens is 1. The summed E-state index contributed by atoms with van der Waals surface area (Å²) in [5, 5.41) is 8.31. The highest BCUT2D eigenvalue weighted by molar-refractivity contribution is 9.10. The van der Waals surface area contributed by atoms with Crippen molar-refractivity contribution in [1.29, 1.82) is 0 Å². The number of benzene rings is 1. The smallest absolute Gasteiger partial charge is 0.102 e. The van der Waals surface area contributed by atoms with Crippen LogP contribution in [0.1, 0.15) is 29.9 Å². The monoisotopic (exact) mass is 294 g/mol. The van der Waals surface area contributed by atoms with Crippen molar-refractivity contribution in [2.24, 2.45) is 5.73 Å². The Morgan fingerprint density at radius 3 is 2.65 bits per heavy atom. The standard InChI is InChI=1S/C12H15BrN4/c1-7-10(13)5-4-6-11(7)17-9(3)12(8(2)14)15-16-17/h4-6,8H,14H2,1-3H3. The predicted molar refractivity (Wildman–Crippen MR) is 71.1 cm³/mol. The maximum absolute atomic E-state index is 5.85. The van der Waals surface area contributed by atoms with E-state index < -0.39 is 0 Å². The first-order valence-electron chi connectivity index (χ1n) is 5.45. The molecular weight excluding hydrogens is 280 g/mol. The minimum Gasteiger partial charge on any atom is -0.323 e. The Morgan fingerprint density at radius 2 is 2.06 bits per heavy atom. The third-order valence-corrected chi connectivity index (χ3v) is 3.69. The van der Waals surface area contributed by atoms with E-state index in [2.05, 4.69) is 26.2 Å². The van der Waals surface area contributed by atoms with Crippen LogP contribution in [0.4, 0.5) is 0 Å². The quantitative estimate of drug-likeness (QED) is 0.926. The number of nitrogens with zero attached hydrogens (tertiary/aromatic N) is 3. The molecule has 1 heterocycles. The third kappa shape index (κ3) is 2.12. The molecule has 5 heteroatoms. The Labute approximate surface area is 109 Å². The summed E-state index contributed by atoms with van der Waals surface area (Å²) in [5.74, 6) is 0. The molecule has 1 aromatic carbocycles. The minimum atomic E-state index is -0.101. The zero-order valence-electron chi connectivity index (χ0n) is 10.1. The van der Waals surface area contributed by atoms with Crippen LogP contribution >= 0.6 is 15.9 Å². The molecule has 0 aliphatic heterocycles. The Hall–Kier alpha value is -1.20. The molecular formula is C12H15BrN4. The lowest BCUT2D eigenvalue weighted by molar-refractivity contribution is 0.755. The summed E-state index contributed by atoms with van der Waals surface area (Å²) in [4.78, 5) is 0. The Kier molecular flexibility index (Phi) is 3.31. The van der Waals surface area contributed by atoms with Crippen LogP contribution in [0, 0.1) is 13.8 Å². The second kappa shape index (κ2) is 4.58. The Balaban J connectivity index is 2.58. The fourth-order valence-electron chi connectivity index (χ4n) is 1.82. The van der Waals surface area contributed by atoms with Gasteiger partial charge in [-0.15, -0.1) is 5.10 Å². The van der Waals surface area contributed by atoms with Gasteiger partial charge in [-0.25, -0.2) is 4.68 Å². The summed E-state index contributed by atoms with van der Waals surface area (Å²) in [6.07, 6.45) is 0. The Bertz CT molecular complexity index is 545. The molecule has 2 N–H and O–H groups in total. The van der Waals surface area contributed by atoms with E-state index in [1.807, 2.05) is 43.7 Å². The molecule has 2 aromatic rings. The van der Waals surface area contributed by atoms with E-state index in [0.717, 1.165) is 27.1 Å². The first-order valence-corrected chi connectivity index (χ1v) is 6.25. The minimum absolute atomic E-state index is 0.101. The van der Waals surface area contributed by atoms with Crippen LogP contribution in [0.5, 0.6) is 0 Å². The number of hydrogen-bond acceptors (Lipinski definition) is 3. The van der Waals surface area contributed by atoms with Crippen molar-refractivity contribution in [2.45, 2.75) is 26.8 Å². The summed E-state index contributed by atoms with van der Waals surface area (Å²) in [6, 6.07) is 5.92. The lowest BCUT2D eigenvalue weighted by Crippen LogP contribution is -2.08. The molecule has 0 saturated heterocycles. The summed E-state index contributed by atoms with van der Waals surface area (Å²) >= 11 is 3.52. The normalized spacial score (nSPS) is 12.8. The molecule has 2 rings (SSSR count). The van der Waals surface area contributed by atoms with Crippen LogP contribution < -0.4 is 5.73 Å². The highest BCUT2D eigenvalue weighted by Gasteiger charge is 2.14. The fourth-order valence-corrected chi connectivity index (χ4v) is 2.17. The van der Waals surface area contributed by atoms with Gasteiger partial charge in [-0.05, 0) is 38.5 Å². The molecule has 1 atom stereocenters. The molecule has 17 heavy (non-hydrogen) atoms. The van der Waals surface area contributed by atoms with Crippen molar-refractivity contribution in [2.75, 3.05) is 0 Å². The van der Waals surface area contributed by atoms with Crippen molar-refractivity contribution in [3.8, 4) is 5.69 Å². The molecule has 0 bridgehead atoms. The SMILES string of the molecule is Cc1c(Br)cccc1-n1nnc(C(C)N)c1C. The van der Waals surface area contributed by atoms with E-state index in [4.69, 9.17) is 5.73 Å².